The van der Waals surface area contributed by atoms with Gasteiger partial charge in [0.15, 0.2) is 23.3 Å². The van der Waals surface area contributed by atoms with E-state index >= 15 is 4.39 Å². The van der Waals surface area contributed by atoms with Gasteiger partial charge in [-0.1, -0.05) is 6.07 Å². The number of H-pyrrole nitrogens is 1. The number of rotatable bonds is 4. The van der Waals surface area contributed by atoms with Crippen molar-refractivity contribution in [3.8, 4) is 22.5 Å². The second-order valence-corrected chi connectivity index (χ2v) is 8.33. The number of hydrogen-bond acceptors (Lipinski definition) is 3. The lowest BCUT2D eigenvalue weighted by Gasteiger charge is -2.13. The predicted octanol–water partition coefficient (Wildman–Crippen LogP) is 5.77. The Hall–Kier alpha value is -4.81. The highest BCUT2D eigenvalue weighted by molar-refractivity contribution is 6.06. The van der Waals surface area contributed by atoms with Gasteiger partial charge in [0, 0.05) is 35.2 Å². The van der Waals surface area contributed by atoms with Gasteiger partial charge in [0.1, 0.15) is 17.3 Å². The summed E-state index contributed by atoms with van der Waals surface area (Å²) >= 11 is 0. The first-order chi connectivity index (χ1) is 18.1. The molecular weight excluding hydrogens is 516 g/mol. The Bertz CT molecular complexity index is 1620. The van der Waals surface area contributed by atoms with Crippen molar-refractivity contribution in [2.75, 3.05) is 10.6 Å². The maximum absolute atomic E-state index is 15.1. The van der Waals surface area contributed by atoms with E-state index in [1.165, 1.54) is 12.1 Å². The number of carbonyl (C=O) groups excluding carboxylic acids is 2. The highest BCUT2D eigenvalue weighted by atomic mass is 19.2. The lowest BCUT2D eigenvalue weighted by molar-refractivity contribution is 0.0966. The highest BCUT2D eigenvalue weighted by Gasteiger charge is 2.29. The molecule has 38 heavy (non-hydrogen) atoms. The van der Waals surface area contributed by atoms with Crippen LogP contribution in [0.1, 0.15) is 21.6 Å². The Balaban J connectivity index is 1.42. The van der Waals surface area contributed by atoms with Gasteiger partial charge in [0.25, 0.3) is 5.91 Å². The molecule has 0 unspecified atom stereocenters. The Morgan fingerprint density at radius 1 is 0.868 bits per heavy atom. The number of urea groups is 1. The number of aryl methyl sites for hydroxylation is 1. The van der Waals surface area contributed by atoms with Crippen LogP contribution >= 0.6 is 0 Å². The molecule has 0 radical (unpaired) electrons. The molecule has 3 amide bonds. The fraction of sp³-hybridized carbons (Fsp3) is 0.0800. The number of carbonyl (C=O) groups is 2. The summed E-state index contributed by atoms with van der Waals surface area (Å²) in [6.45, 7) is 1.94. The molecule has 0 aliphatic carbocycles. The summed E-state index contributed by atoms with van der Waals surface area (Å²) in [5.74, 6) is -12.0. The number of aromatic nitrogens is 2. The Labute approximate surface area is 209 Å². The Kier molecular flexibility index (Phi) is 6.05. The fourth-order valence-corrected chi connectivity index (χ4v) is 4.15. The zero-order valence-electron chi connectivity index (χ0n) is 19.2. The topological polar surface area (TPSA) is 98.9 Å². The third-order valence-corrected chi connectivity index (χ3v) is 5.89. The third kappa shape index (κ3) is 4.11. The van der Waals surface area contributed by atoms with E-state index in [9.17, 15) is 31.5 Å². The molecule has 4 N–H and O–H groups in total. The zero-order chi connectivity index (χ0) is 27.3. The molecular formula is C25H15F6N5O2. The van der Waals surface area contributed by atoms with Crippen LogP contribution in [-0.2, 0) is 6.54 Å². The average molecular weight is 531 g/mol. The fourth-order valence-electron chi connectivity index (χ4n) is 4.15. The van der Waals surface area contributed by atoms with Gasteiger partial charge < -0.3 is 20.9 Å². The molecule has 1 aliphatic rings. The van der Waals surface area contributed by atoms with Crippen LogP contribution in [0.5, 0.6) is 0 Å². The highest BCUT2D eigenvalue weighted by Crippen LogP contribution is 2.37. The monoisotopic (exact) mass is 531 g/mol. The minimum absolute atomic E-state index is 0.0886. The third-order valence-electron chi connectivity index (χ3n) is 5.89. The first-order valence-electron chi connectivity index (χ1n) is 10.9. The van der Waals surface area contributed by atoms with Crippen molar-refractivity contribution in [2.24, 2.45) is 0 Å². The number of imidazole rings is 1. The van der Waals surface area contributed by atoms with Crippen molar-refractivity contribution in [1.29, 1.82) is 0 Å². The summed E-state index contributed by atoms with van der Waals surface area (Å²) in [7, 11) is 0. The zero-order valence-corrected chi connectivity index (χ0v) is 19.2. The smallest absolute Gasteiger partial charge is 0.323 e. The van der Waals surface area contributed by atoms with Gasteiger partial charge in [0.2, 0.25) is 5.82 Å². The molecule has 2 heterocycles. The quantitative estimate of drug-likeness (QED) is 0.153. The van der Waals surface area contributed by atoms with Crippen LogP contribution in [0, 0.1) is 41.8 Å². The summed E-state index contributed by atoms with van der Waals surface area (Å²) in [5.41, 5.74) is 0.943. The number of anilines is 2. The molecule has 194 valence electrons. The van der Waals surface area contributed by atoms with E-state index in [2.05, 4.69) is 20.6 Å². The molecule has 0 fully saturated rings. The maximum Gasteiger partial charge on any atom is 0.323 e. The van der Waals surface area contributed by atoms with E-state index in [4.69, 9.17) is 0 Å². The standard InChI is InChI=1S/C25H15F6N5O2/c1-9-7-32-23(34-9)13-5-4-11(14-8-33-24(37)16(13)14)12-3-2-10(6-15(12)26)35-25(38)36-22-20(30)18(28)17(27)19(29)21(22)31/h2-7H,8H2,1H3,(H,32,34)(H,33,37)(H2,35,36,38). The lowest BCUT2D eigenvalue weighted by atomic mass is 9.92. The van der Waals surface area contributed by atoms with Crippen LogP contribution in [0.4, 0.5) is 42.5 Å². The predicted molar refractivity (Wildman–Crippen MR) is 124 cm³/mol. The van der Waals surface area contributed by atoms with Crippen molar-refractivity contribution in [2.45, 2.75) is 13.5 Å². The van der Waals surface area contributed by atoms with Crippen LogP contribution in [0.2, 0.25) is 0 Å². The number of nitrogens with one attached hydrogen (secondary N) is 4. The van der Waals surface area contributed by atoms with E-state index in [1.54, 1.807) is 30.6 Å². The van der Waals surface area contributed by atoms with Crippen molar-refractivity contribution in [3.05, 3.63) is 88.3 Å². The van der Waals surface area contributed by atoms with Crippen LogP contribution in [0.3, 0.4) is 0 Å². The number of aromatic amines is 1. The second-order valence-electron chi connectivity index (χ2n) is 8.33. The van der Waals surface area contributed by atoms with Crippen LogP contribution in [0.15, 0.2) is 36.5 Å². The molecule has 5 rings (SSSR count). The van der Waals surface area contributed by atoms with Gasteiger partial charge in [0.05, 0.1) is 5.56 Å². The van der Waals surface area contributed by atoms with Gasteiger partial charge in [-0.25, -0.2) is 36.1 Å². The number of fused-ring (bicyclic) bond motifs is 1. The summed E-state index contributed by atoms with van der Waals surface area (Å²) in [6.07, 6.45) is 1.61. The molecule has 0 saturated carbocycles. The van der Waals surface area contributed by atoms with Crippen molar-refractivity contribution in [3.63, 3.8) is 0 Å². The molecule has 0 spiro atoms. The number of benzene rings is 3. The summed E-state index contributed by atoms with van der Waals surface area (Å²) < 4.78 is 82.7. The normalized spacial score (nSPS) is 12.3. The molecule has 7 nitrogen and oxygen atoms in total. The van der Waals surface area contributed by atoms with E-state index in [0.29, 0.717) is 28.1 Å². The second kappa shape index (κ2) is 9.25. The number of nitrogens with zero attached hydrogens (tertiary/aromatic N) is 1. The van der Waals surface area contributed by atoms with Crippen LogP contribution < -0.4 is 16.0 Å². The van der Waals surface area contributed by atoms with E-state index in [1.807, 2.05) is 0 Å². The van der Waals surface area contributed by atoms with E-state index in [0.717, 1.165) is 11.8 Å². The van der Waals surface area contributed by atoms with E-state index < -0.39 is 46.6 Å². The van der Waals surface area contributed by atoms with Gasteiger partial charge in [-0.2, -0.15) is 0 Å². The summed E-state index contributed by atoms with van der Waals surface area (Å²) in [6, 6.07) is 5.33. The molecule has 1 aromatic heterocycles. The number of hydrogen-bond donors (Lipinski definition) is 4. The molecule has 0 saturated heterocycles. The largest absolute Gasteiger partial charge is 0.348 e. The molecule has 4 aromatic rings. The first-order valence-corrected chi connectivity index (χ1v) is 10.9. The molecule has 3 aromatic carbocycles. The number of amides is 3. The average Bonchev–Trinajstić information content (AvgIpc) is 3.50. The SMILES string of the molecule is Cc1cnc(-c2ccc(-c3ccc(NC(=O)Nc4c(F)c(F)c(F)c(F)c4F)cc3F)c3c2C(=O)NC3)[nH]1. The van der Waals surface area contributed by atoms with Gasteiger partial charge in [-0.15, -0.1) is 0 Å². The van der Waals surface area contributed by atoms with Gasteiger partial charge in [-0.05, 0) is 42.3 Å². The van der Waals surface area contributed by atoms with Crippen LogP contribution in [-0.4, -0.2) is 21.9 Å². The minimum atomic E-state index is -2.38. The lowest BCUT2D eigenvalue weighted by Crippen LogP contribution is -2.22. The van der Waals surface area contributed by atoms with Crippen LogP contribution in [0.25, 0.3) is 22.5 Å². The maximum atomic E-state index is 15.1. The summed E-state index contributed by atoms with van der Waals surface area (Å²) in [5, 5.41) is 6.32. The van der Waals surface area contributed by atoms with Crippen molar-refractivity contribution >= 4 is 23.3 Å². The van der Waals surface area contributed by atoms with Gasteiger partial charge >= 0.3 is 6.03 Å². The molecule has 13 heteroatoms. The van der Waals surface area contributed by atoms with Crippen molar-refractivity contribution in [1.82, 2.24) is 15.3 Å². The van der Waals surface area contributed by atoms with Gasteiger partial charge in [-0.3, -0.25) is 4.79 Å². The molecule has 1 aliphatic heterocycles. The van der Waals surface area contributed by atoms with E-state index in [-0.39, 0.29) is 23.7 Å². The first kappa shape index (κ1) is 24.9. The molecule has 0 atom stereocenters. The van der Waals surface area contributed by atoms with Crippen molar-refractivity contribution < 1.29 is 35.9 Å². The Morgan fingerprint density at radius 3 is 2.13 bits per heavy atom. The Morgan fingerprint density at radius 2 is 1.50 bits per heavy atom. The summed E-state index contributed by atoms with van der Waals surface area (Å²) in [4.78, 5) is 32.0. The molecule has 0 bridgehead atoms. The minimum Gasteiger partial charge on any atom is -0.348 e. The number of halogens is 6.